The Bertz CT molecular complexity index is 688. The van der Waals surface area contributed by atoms with Gasteiger partial charge in [-0.2, -0.15) is 0 Å². The van der Waals surface area contributed by atoms with Gasteiger partial charge in [0, 0.05) is 32.1 Å². The van der Waals surface area contributed by atoms with E-state index in [2.05, 4.69) is 48.5 Å². The number of hydrogen-bond acceptors (Lipinski definition) is 3. The number of aliphatic imine (C=N–C) groups is 1. The van der Waals surface area contributed by atoms with Crippen LogP contribution in [0.25, 0.3) is 5.69 Å². The number of rotatable bonds is 10. The van der Waals surface area contributed by atoms with Gasteiger partial charge in [0.05, 0.1) is 18.6 Å². The number of halogens is 1. The minimum atomic E-state index is 0. The van der Waals surface area contributed by atoms with Crippen molar-refractivity contribution in [3.05, 3.63) is 48.5 Å². The Morgan fingerprint density at radius 1 is 1.25 bits per heavy atom. The normalized spacial score (nSPS) is 12.5. The maximum Gasteiger partial charge on any atom is 0.191 e. The van der Waals surface area contributed by atoms with E-state index < -0.39 is 0 Å². The Labute approximate surface area is 185 Å². The number of aliphatic hydroxyl groups excluding tert-OH is 1. The Kier molecular flexibility index (Phi) is 11.8. The van der Waals surface area contributed by atoms with Gasteiger partial charge in [0.15, 0.2) is 5.96 Å². The molecule has 7 heteroatoms. The van der Waals surface area contributed by atoms with Crippen molar-refractivity contribution in [1.29, 1.82) is 0 Å². The number of nitrogens with one attached hydrogen (secondary N) is 2. The molecule has 0 amide bonds. The molecule has 1 aromatic heterocycles. The molecule has 156 valence electrons. The lowest BCUT2D eigenvalue weighted by Gasteiger charge is -2.20. The maximum atomic E-state index is 9.31. The summed E-state index contributed by atoms with van der Waals surface area (Å²) < 4.78 is 2.01. The van der Waals surface area contributed by atoms with Crippen LogP contribution in [0.15, 0.2) is 48.0 Å². The third-order valence-electron chi connectivity index (χ3n) is 4.43. The number of aromatic nitrogens is 2. The van der Waals surface area contributed by atoms with Crippen LogP contribution in [0.3, 0.4) is 0 Å². The summed E-state index contributed by atoms with van der Waals surface area (Å²) in [6, 6.07) is 8.23. The Morgan fingerprint density at radius 2 is 2.04 bits per heavy atom. The zero-order valence-electron chi connectivity index (χ0n) is 17.1. The molecule has 1 heterocycles. The van der Waals surface area contributed by atoms with Crippen molar-refractivity contribution in [3.63, 3.8) is 0 Å². The average molecular weight is 499 g/mol. The van der Waals surface area contributed by atoms with E-state index in [1.807, 2.05) is 22.9 Å². The van der Waals surface area contributed by atoms with Crippen LogP contribution in [0.1, 0.15) is 39.2 Å². The van der Waals surface area contributed by atoms with Gasteiger partial charge < -0.3 is 20.3 Å². The van der Waals surface area contributed by atoms with Gasteiger partial charge in [-0.05, 0) is 43.2 Å². The number of para-hydroxylation sites is 1. The van der Waals surface area contributed by atoms with Gasteiger partial charge in [-0.25, -0.2) is 9.98 Å². The number of hydrogen-bond donors (Lipinski definition) is 3. The summed E-state index contributed by atoms with van der Waals surface area (Å²) >= 11 is 0. The van der Waals surface area contributed by atoms with Crippen LogP contribution in [0.5, 0.6) is 0 Å². The van der Waals surface area contributed by atoms with Crippen molar-refractivity contribution in [3.8, 4) is 5.69 Å². The van der Waals surface area contributed by atoms with Crippen LogP contribution in [0.4, 0.5) is 0 Å². The predicted molar refractivity (Wildman–Crippen MR) is 126 cm³/mol. The van der Waals surface area contributed by atoms with Crippen LogP contribution in [-0.2, 0) is 6.54 Å². The first-order chi connectivity index (χ1) is 13.1. The first-order valence-corrected chi connectivity index (χ1v) is 9.83. The monoisotopic (exact) mass is 499 g/mol. The van der Waals surface area contributed by atoms with E-state index in [1.165, 1.54) is 0 Å². The van der Waals surface area contributed by atoms with E-state index >= 15 is 0 Å². The van der Waals surface area contributed by atoms with Crippen molar-refractivity contribution in [1.82, 2.24) is 20.2 Å². The first-order valence-electron chi connectivity index (χ1n) is 9.83. The number of guanidine groups is 1. The summed E-state index contributed by atoms with van der Waals surface area (Å²) in [7, 11) is 0. The number of benzene rings is 1. The van der Waals surface area contributed by atoms with E-state index in [0.717, 1.165) is 43.1 Å². The minimum Gasteiger partial charge on any atom is -0.396 e. The lowest BCUT2D eigenvalue weighted by molar-refractivity contribution is 0.243. The van der Waals surface area contributed by atoms with Gasteiger partial charge in [-0.15, -0.1) is 24.0 Å². The maximum absolute atomic E-state index is 9.31. The van der Waals surface area contributed by atoms with Gasteiger partial charge >= 0.3 is 0 Å². The largest absolute Gasteiger partial charge is 0.396 e. The van der Waals surface area contributed by atoms with Crippen LogP contribution in [-0.4, -0.2) is 40.3 Å². The second-order valence-electron chi connectivity index (χ2n) is 7.18. The number of imidazole rings is 1. The van der Waals surface area contributed by atoms with Crippen molar-refractivity contribution in [2.24, 2.45) is 16.8 Å². The molecule has 0 saturated heterocycles. The second kappa shape index (κ2) is 13.5. The zero-order valence-corrected chi connectivity index (χ0v) is 19.5. The number of nitrogens with zero attached hydrogens (tertiary/aromatic N) is 3. The first kappa shape index (κ1) is 24.4. The van der Waals surface area contributed by atoms with Gasteiger partial charge in [-0.3, -0.25) is 0 Å². The number of aliphatic hydroxyl groups is 1. The van der Waals surface area contributed by atoms with Crippen LogP contribution < -0.4 is 10.6 Å². The molecule has 0 aliphatic carbocycles. The van der Waals surface area contributed by atoms with E-state index in [-0.39, 0.29) is 30.6 Å². The summed E-state index contributed by atoms with van der Waals surface area (Å²) in [6.07, 6.45) is 7.43. The minimum absolute atomic E-state index is 0. The molecule has 2 rings (SSSR count). The fraction of sp³-hybridized carbons (Fsp3) is 0.524. The lowest BCUT2D eigenvalue weighted by Crippen LogP contribution is -2.40. The van der Waals surface area contributed by atoms with Crippen LogP contribution in [0, 0.1) is 11.8 Å². The molecule has 0 aliphatic rings. The molecule has 1 unspecified atom stereocenters. The van der Waals surface area contributed by atoms with Gasteiger partial charge in [-0.1, -0.05) is 32.0 Å². The van der Waals surface area contributed by atoms with Gasteiger partial charge in [0.1, 0.15) is 0 Å². The van der Waals surface area contributed by atoms with Crippen LogP contribution >= 0.6 is 24.0 Å². The second-order valence-corrected chi connectivity index (χ2v) is 7.18. The standard InChI is InChI=1S/C21H33N5O.HI/c1-4-23-21(24-14-18(9-12-27)13-17(2)3)25-15-19-7-5-6-8-20(19)26-11-10-22-16-26;/h5-8,10-11,16-18,27H,4,9,12-15H2,1-3H3,(H2,23,24,25);1H. The predicted octanol–water partition coefficient (Wildman–Crippen LogP) is 3.59. The van der Waals surface area contributed by atoms with Crippen molar-refractivity contribution in [2.45, 2.75) is 40.2 Å². The topological polar surface area (TPSA) is 74.5 Å². The Morgan fingerprint density at radius 3 is 2.68 bits per heavy atom. The van der Waals surface area contributed by atoms with Crippen molar-refractivity contribution in [2.75, 3.05) is 19.7 Å². The molecule has 28 heavy (non-hydrogen) atoms. The Balaban J connectivity index is 0.00000392. The smallest absolute Gasteiger partial charge is 0.191 e. The highest BCUT2D eigenvalue weighted by Crippen LogP contribution is 2.16. The molecule has 0 radical (unpaired) electrons. The summed E-state index contributed by atoms with van der Waals surface area (Å²) in [5, 5.41) is 16.1. The molecular formula is C21H34IN5O. The molecule has 1 aromatic carbocycles. The average Bonchev–Trinajstić information content (AvgIpc) is 3.18. The van der Waals surface area contributed by atoms with E-state index in [9.17, 15) is 5.11 Å². The molecule has 1 atom stereocenters. The van der Waals surface area contributed by atoms with E-state index in [4.69, 9.17) is 4.99 Å². The fourth-order valence-electron chi connectivity index (χ4n) is 3.20. The Hall–Kier alpha value is -1.61. The summed E-state index contributed by atoms with van der Waals surface area (Å²) in [6.45, 7) is 8.94. The van der Waals surface area contributed by atoms with Crippen molar-refractivity contribution < 1.29 is 5.11 Å². The lowest BCUT2D eigenvalue weighted by atomic mass is 9.94. The molecular weight excluding hydrogens is 465 g/mol. The summed E-state index contributed by atoms with van der Waals surface area (Å²) in [4.78, 5) is 8.90. The quantitative estimate of drug-likeness (QED) is 0.266. The van der Waals surface area contributed by atoms with Crippen molar-refractivity contribution >= 4 is 29.9 Å². The fourth-order valence-corrected chi connectivity index (χ4v) is 3.20. The van der Waals surface area contributed by atoms with Crippen LogP contribution in [0.2, 0.25) is 0 Å². The molecule has 3 N–H and O–H groups in total. The third kappa shape index (κ3) is 8.18. The molecule has 0 saturated carbocycles. The molecule has 2 aromatic rings. The summed E-state index contributed by atoms with van der Waals surface area (Å²) in [5.74, 6) is 1.87. The molecule has 0 aliphatic heterocycles. The third-order valence-corrected chi connectivity index (χ3v) is 4.43. The molecule has 0 spiro atoms. The highest BCUT2D eigenvalue weighted by Gasteiger charge is 2.11. The molecule has 6 nitrogen and oxygen atoms in total. The SMILES string of the molecule is CCNC(=NCc1ccccc1-n1ccnc1)NCC(CCO)CC(C)C.I. The highest BCUT2D eigenvalue weighted by molar-refractivity contribution is 14.0. The summed E-state index contributed by atoms with van der Waals surface area (Å²) in [5.41, 5.74) is 2.23. The van der Waals surface area contributed by atoms with E-state index in [1.54, 1.807) is 12.5 Å². The zero-order chi connectivity index (χ0) is 19.5. The van der Waals surface area contributed by atoms with Gasteiger partial charge in [0.25, 0.3) is 0 Å². The molecule has 0 fully saturated rings. The van der Waals surface area contributed by atoms with Gasteiger partial charge in [0.2, 0.25) is 0 Å². The molecule has 0 bridgehead atoms. The highest BCUT2D eigenvalue weighted by atomic mass is 127. The van der Waals surface area contributed by atoms with E-state index in [0.29, 0.717) is 18.4 Å².